The molecule has 2 heteroatoms. The summed E-state index contributed by atoms with van der Waals surface area (Å²) in [5.41, 5.74) is -0.318. The van der Waals surface area contributed by atoms with Crippen LogP contribution in [0.2, 0.25) is 0 Å². The van der Waals surface area contributed by atoms with E-state index in [0.29, 0.717) is 6.47 Å². The molecule has 0 aromatic rings. The van der Waals surface area contributed by atoms with Crippen LogP contribution < -0.4 is 0 Å². The van der Waals surface area contributed by atoms with Crippen molar-refractivity contribution in [1.29, 1.82) is 0 Å². The van der Waals surface area contributed by atoms with Gasteiger partial charge in [0.2, 0.25) is 0 Å². The standard InChI is InChI=1S/C7H10.C5H10O2/c1-3-5-7-6-4-2;1-5(2,3)7-4-6/h3-7H,1H2,2H3;4H,1-3H3. The Balaban J connectivity index is 0. The van der Waals surface area contributed by atoms with E-state index in [9.17, 15) is 4.79 Å². The van der Waals surface area contributed by atoms with Gasteiger partial charge in [-0.1, -0.05) is 37.0 Å². The Hall–Kier alpha value is -1.31. The lowest BCUT2D eigenvalue weighted by molar-refractivity contribution is -0.138. The maximum absolute atomic E-state index is 9.60. The molecule has 0 heterocycles. The molecule has 0 aliphatic rings. The van der Waals surface area contributed by atoms with Gasteiger partial charge >= 0.3 is 0 Å². The number of ether oxygens (including phenoxy) is 1. The van der Waals surface area contributed by atoms with Gasteiger partial charge in [0, 0.05) is 0 Å². The second kappa shape index (κ2) is 9.78. The average molecular weight is 196 g/mol. The summed E-state index contributed by atoms with van der Waals surface area (Å²) in [6.45, 7) is 11.4. The highest BCUT2D eigenvalue weighted by Crippen LogP contribution is 2.02. The van der Waals surface area contributed by atoms with Gasteiger partial charge in [-0.3, -0.25) is 4.79 Å². The third-order valence-electron chi connectivity index (χ3n) is 0.952. The summed E-state index contributed by atoms with van der Waals surface area (Å²) in [4.78, 5) is 9.60. The van der Waals surface area contributed by atoms with Crippen LogP contribution >= 0.6 is 0 Å². The van der Waals surface area contributed by atoms with Crippen molar-refractivity contribution in [2.24, 2.45) is 0 Å². The van der Waals surface area contributed by atoms with Crippen LogP contribution in [0.5, 0.6) is 0 Å². The van der Waals surface area contributed by atoms with Crippen molar-refractivity contribution >= 4 is 6.47 Å². The van der Waals surface area contributed by atoms with Crippen LogP contribution in [0.15, 0.2) is 37.0 Å². The Morgan fingerprint density at radius 2 is 1.71 bits per heavy atom. The van der Waals surface area contributed by atoms with E-state index in [2.05, 4.69) is 11.3 Å². The Morgan fingerprint density at radius 3 is 1.93 bits per heavy atom. The summed E-state index contributed by atoms with van der Waals surface area (Å²) in [6, 6.07) is 0. The second-order valence-corrected chi connectivity index (χ2v) is 3.47. The highest BCUT2D eigenvalue weighted by molar-refractivity contribution is 5.37. The van der Waals surface area contributed by atoms with Gasteiger partial charge in [0.25, 0.3) is 6.47 Å². The van der Waals surface area contributed by atoms with Crippen molar-refractivity contribution in [3.05, 3.63) is 37.0 Å². The number of rotatable bonds is 3. The molecule has 80 valence electrons. The quantitative estimate of drug-likeness (QED) is 0.511. The molecular formula is C12H20O2. The smallest absolute Gasteiger partial charge is 0.293 e. The van der Waals surface area contributed by atoms with E-state index in [4.69, 9.17) is 0 Å². The van der Waals surface area contributed by atoms with Gasteiger partial charge in [-0.2, -0.15) is 0 Å². The first-order valence-corrected chi connectivity index (χ1v) is 4.49. The fraction of sp³-hybridized carbons (Fsp3) is 0.417. The van der Waals surface area contributed by atoms with Crippen molar-refractivity contribution in [1.82, 2.24) is 0 Å². The maximum Gasteiger partial charge on any atom is 0.293 e. The van der Waals surface area contributed by atoms with Crippen molar-refractivity contribution in [3.63, 3.8) is 0 Å². The zero-order valence-electron chi connectivity index (χ0n) is 9.49. The first kappa shape index (κ1) is 15.2. The normalized spacial score (nSPS) is 10.9. The molecule has 0 saturated heterocycles. The van der Waals surface area contributed by atoms with Crippen LogP contribution in [0.25, 0.3) is 0 Å². The zero-order chi connectivity index (χ0) is 11.4. The monoisotopic (exact) mass is 196 g/mol. The van der Waals surface area contributed by atoms with Crippen molar-refractivity contribution in [2.75, 3.05) is 0 Å². The van der Waals surface area contributed by atoms with Crippen LogP contribution in [0, 0.1) is 0 Å². The van der Waals surface area contributed by atoms with Crippen molar-refractivity contribution in [2.45, 2.75) is 33.3 Å². The Bertz CT molecular complexity index is 195. The van der Waals surface area contributed by atoms with Gasteiger partial charge in [0.05, 0.1) is 0 Å². The molecule has 0 aliphatic heterocycles. The molecule has 0 amide bonds. The number of hydrogen-bond donors (Lipinski definition) is 0. The molecule has 0 saturated carbocycles. The van der Waals surface area contributed by atoms with Gasteiger partial charge in [-0.15, -0.1) is 0 Å². The van der Waals surface area contributed by atoms with Gasteiger partial charge in [-0.25, -0.2) is 0 Å². The molecule has 0 atom stereocenters. The molecule has 14 heavy (non-hydrogen) atoms. The number of carbonyl (C=O) groups is 1. The van der Waals surface area contributed by atoms with Crippen LogP contribution in [-0.4, -0.2) is 12.1 Å². The molecule has 0 spiro atoms. The Morgan fingerprint density at radius 1 is 1.14 bits per heavy atom. The summed E-state index contributed by atoms with van der Waals surface area (Å²) in [5.74, 6) is 0. The Labute approximate surface area is 87.0 Å². The van der Waals surface area contributed by atoms with Crippen LogP contribution in [-0.2, 0) is 9.53 Å². The fourth-order valence-corrected chi connectivity index (χ4v) is 0.398. The molecule has 0 unspecified atom stereocenters. The first-order chi connectivity index (χ1) is 6.47. The minimum Gasteiger partial charge on any atom is -0.462 e. The lowest BCUT2D eigenvalue weighted by Gasteiger charge is -2.14. The minimum atomic E-state index is -0.318. The van der Waals surface area contributed by atoms with E-state index in [0.717, 1.165) is 0 Å². The molecule has 0 rings (SSSR count). The third kappa shape index (κ3) is 22.4. The van der Waals surface area contributed by atoms with Crippen molar-refractivity contribution < 1.29 is 9.53 Å². The summed E-state index contributed by atoms with van der Waals surface area (Å²) in [7, 11) is 0. The Kier molecular flexibility index (Phi) is 10.6. The average Bonchev–Trinajstić information content (AvgIpc) is 2.04. The summed E-state index contributed by atoms with van der Waals surface area (Å²) in [6.07, 6.45) is 9.51. The van der Waals surface area contributed by atoms with Crippen LogP contribution in [0.1, 0.15) is 27.7 Å². The lowest BCUT2D eigenvalue weighted by atomic mass is 10.2. The highest BCUT2D eigenvalue weighted by atomic mass is 16.5. The van der Waals surface area contributed by atoms with Gasteiger partial charge in [0.15, 0.2) is 0 Å². The molecular weight excluding hydrogens is 176 g/mol. The maximum atomic E-state index is 9.60. The molecule has 0 aliphatic carbocycles. The van der Waals surface area contributed by atoms with E-state index >= 15 is 0 Å². The molecule has 0 bridgehead atoms. The molecule has 2 nitrogen and oxygen atoms in total. The molecule has 0 N–H and O–H groups in total. The third-order valence-corrected chi connectivity index (χ3v) is 0.952. The number of allylic oxidation sites excluding steroid dienone is 5. The van der Waals surface area contributed by atoms with Crippen molar-refractivity contribution in [3.8, 4) is 0 Å². The molecule has 0 fully saturated rings. The largest absolute Gasteiger partial charge is 0.462 e. The first-order valence-electron chi connectivity index (χ1n) is 4.49. The highest BCUT2D eigenvalue weighted by Gasteiger charge is 2.07. The van der Waals surface area contributed by atoms with Gasteiger partial charge < -0.3 is 4.74 Å². The second-order valence-electron chi connectivity index (χ2n) is 3.47. The van der Waals surface area contributed by atoms with E-state index in [1.165, 1.54) is 0 Å². The van der Waals surface area contributed by atoms with E-state index in [-0.39, 0.29) is 5.60 Å². The summed E-state index contributed by atoms with van der Waals surface area (Å²) < 4.78 is 4.55. The molecule has 0 aromatic carbocycles. The predicted octanol–water partition coefficient (Wildman–Crippen LogP) is 3.26. The van der Waals surface area contributed by atoms with Crippen LogP contribution in [0.4, 0.5) is 0 Å². The SMILES string of the molecule is C=CC=CC=CC.CC(C)(C)OC=O. The van der Waals surface area contributed by atoms with E-state index in [1.54, 1.807) is 6.08 Å². The number of hydrogen-bond acceptors (Lipinski definition) is 2. The molecule has 0 aromatic heterocycles. The van der Waals surface area contributed by atoms with Crippen LogP contribution in [0.3, 0.4) is 0 Å². The summed E-state index contributed by atoms with van der Waals surface area (Å²) >= 11 is 0. The van der Waals surface area contributed by atoms with E-state index < -0.39 is 0 Å². The number of carbonyl (C=O) groups excluding carboxylic acids is 1. The summed E-state index contributed by atoms with van der Waals surface area (Å²) in [5, 5.41) is 0. The van der Waals surface area contributed by atoms with E-state index in [1.807, 2.05) is 52.0 Å². The van der Waals surface area contributed by atoms with Gasteiger partial charge in [0.1, 0.15) is 5.60 Å². The zero-order valence-corrected chi connectivity index (χ0v) is 9.49. The molecule has 0 radical (unpaired) electrons. The predicted molar refractivity (Wildman–Crippen MR) is 61.1 cm³/mol. The minimum absolute atomic E-state index is 0.318. The topological polar surface area (TPSA) is 26.3 Å². The van der Waals surface area contributed by atoms with Gasteiger partial charge in [-0.05, 0) is 27.7 Å². The fourth-order valence-electron chi connectivity index (χ4n) is 0.398. The lowest BCUT2D eigenvalue weighted by Crippen LogP contribution is -2.17.